The standard InChI is InChI=1S/C54H30O2/c1-3-17-35-31(13-1)32-14-2-4-18-36(32)54-52(44-28-30-48-50-38(22-12-24-40(44)50)34-16-8-10-26-46(34)56-48)42-20-6-5-19-41(42)51(53(35)54)43-27-29-47-49-37(21-11-23-39(43)49)33-15-7-9-25-45(33)55-47/h1-30H. The van der Waals surface area contributed by atoms with Gasteiger partial charge in [-0.1, -0.05) is 146 Å². The second-order valence-electron chi connectivity index (χ2n) is 15.0. The molecular formula is C54H30O2. The van der Waals surface area contributed by atoms with Gasteiger partial charge in [0.25, 0.3) is 0 Å². The van der Waals surface area contributed by atoms with Crippen molar-refractivity contribution >= 4 is 64.6 Å². The Bertz CT molecular complexity index is 3300. The molecule has 11 aromatic rings. The third kappa shape index (κ3) is 3.90. The van der Waals surface area contributed by atoms with Gasteiger partial charge in [-0.25, -0.2) is 0 Å². The van der Waals surface area contributed by atoms with Crippen molar-refractivity contribution in [1.82, 2.24) is 0 Å². The molecule has 0 atom stereocenters. The minimum absolute atomic E-state index is 0.895. The van der Waals surface area contributed by atoms with Crippen molar-refractivity contribution in [2.24, 2.45) is 0 Å². The van der Waals surface area contributed by atoms with Crippen molar-refractivity contribution in [2.75, 3.05) is 0 Å². The normalized spacial score (nSPS) is 12.6. The average Bonchev–Trinajstić information content (AvgIpc) is 3.26. The zero-order chi connectivity index (χ0) is 36.5. The van der Waals surface area contributed by atoms with Gasteiger partial charge in [0, 0.05) is 21.9 Å². The van der Waals surface area contributed by atoms with Gasteiger partial charge in [-0.3, -0.25) is 0 Å². The summed E-state index contributed by atoms with van der Waals surface area (Å²) in [5, 5.41) is 14.6. The molecule has 0 saturated heterocycles. The summed E-state index contributed by atoms with van der Waals surface area (Å²) in [6.07, 6.45) is 0. The minimum Gasteiger partial charge on any atom is -0.456 e. The quantitative estimate of drug-likeness (QED) is 0.131. The van der Waals surface area contributed by atoms with E-state index in [9.17, 15) is 0 Å². The summed E-state index contributed by atoms with van der Waals surface area (Å²) < 4.78 is 13.2. The van der Waals surface area contributed by atoms with E-state index in [0.29, 0.717) is 0 Å². The van der Waals surface area contributed by atoms with E-state index in [4.69, 9.17) is 9.47 Å². The Labute approximate surface area is 322 Å². The van der Waals surface area contributed by atoms with Crippen molar-refractivity contribution in [3.05, 3.63) is 182 Å². The second kappa shape index (κ2) is 11.1. The molecule has 0 unspecified atom stereocenters. The van der Waals surface area contributed by atoms with Crippen LogP contribution in [-0.2, 0) is 0 Å². The van der Waals surface area contributed by atoms with Gasteiger partial charge in [0.1, 0.15) is 23.0 Å². The van der Waals surface area contributed by atoms with Gasteiger partial charge in [0.05, 0.1) is 0 Å². The van der Waals surface area contributed by atoms with Crippen LogP contribution in [0.4, 0.5) is 0 Å². The molecule has 11 aromatic carbocycles. The molecule has 2 aliphatic rings. The molecule has 0 fully saturated rings. The molecule has 2 aliphatic heterocycles. The second-order valence-corrected chi connectivity index (χ2v) is 15.0. The van der Waals surface area contributed by atoms with Gasteiger partial charge in [-0.15, -0.1) is 0 Å². The summed E-state index contributed by atoms with van der Waals surface area (Å²) in [6, 6.07) is 66.1. The fourth-order valence-corrected chi connectivity index (χ4v) is 10.0. The van der Waals surface area contributed by atoms with Crippen molar-refractivity contribution in [1.29, 1.82) is 0 Å². The molecule has 0 amide bonds. The summed E-state index contributed by atoms with van der Waals surface area (Å²) in [5.74, 6) is 3.58. The third-order valence-electron chi connectivity index (χ3n) is 12.2. The summed E-state index contributed by atoms with van der Waals surface area (Å²) in [6.45, 7) is 0. The lowest BCUT2D eigenvalue weighted by Crippen LogP contribution is -1.99. The molecule has 0 aromatic heterocycles. The Balaban J connectivity index is 1.24. The van der Waals surface area contributed by atoms with E-state index in [1.165, 1.54) is 87.2 Å². The van der Waals surface area contributed by atoms with Gasteiger partial charge in [-0.05, 0) is 124 Å². The van der Waals surface area contributed by atoms with Crippen LogP contribution in [0.2, 0.25) is 0 Å². The van der Waals surface area contributed by atoms with Gasteiger partial charge in [-0.2, -0.15) is 0 Å². The van der Waals surface area contributed by atoms with Crippen molar-refractivity contribution in [2.45, 2.75) is 0 Å². The highest BCUT2D eigenvalue weighted by Crippen LogP contribution is 2.55. The van der Waals surface area contributed by atoms with Crippen LogP contribution in [0.15, 0.2) is 182 Å². The highest BCUT2D eigenvalue weighted by atomic mass is 16.5. The summed E-state index contributed by atoms with van der Waals surface area (Å²) in [5.41, 5.74) is 9.53. The van der Waals surface area contributed by atoms with Gasteiger partial charge in [0.2, 0.25) is 0 Å². The molecule has 0 N–H and O–H groups in total. The number of benzene rings is 11. The van der Waals surface area contributed by atoms with Crippen molar-refractivity contribution in [3.63, 3.8) is 0 Å². The van der Waals surface area contributed by atoms with E-state index < -0.39 is 0 Å². The van der Waals surface area contributed by atoms with Crippen molar-refractivity contribution < 1.29 is 9.47 Å². The van der Waals surface area contributed by atoms with E-state index >= 15 is 0 Å². The fraction of sp³-hybridized carbons (Fsp3) is 0. The van der Waals surface area contributed by atoms with Crippen LogP contribution in [0.25, 0.3) is 109 Å². The zero-order valence-electron chi connectivity index (χ0n) is 30.1. The monoisotopic (exact) mass is 710 g/mol. The highest BCUT2D eigenvalue weighted by molar-refractivity contribution is 6.38. The topological polar surface area (TPSA) is 18.5 Å². The predicted octanol–water partition coefficient (Wildman–Crippen LogP) is 15.5. The van der Waals surface area contributed by atoms with E-state index in [-0.39, 0.29) is 0 Å². The number of rotatable bonds is 2. The lowest BCUT2D eigenvalue weighted by molar-refractivity contribution is 0.487. The SMILES string of the molecule is c1ccc2c(c1)Oc1ccc(-c3c4ccccc4c(-c4ccc5c6c(cccc46)-c4ccccc4O5)c4c5ccccc5c5ccccc5c34)c3cccc-2c13. The molecule has 0 spiro atoms. The Hall–Kier alpha value is -7.42. The molecule has 0 saturated carbocycles. The lowest BCUT2D eigenvalue weighted by atomic mass is 9.79. The first-order chi connectivity index (χ1) is 27.8. The Morgan fingerprint density at radius 2 is 0.554 bits per heavy atom. The van der Waals surface area contributed by atoms with E-state index in [2.05, 4.69) is 170 Å². The molecule has 0 bridgehead atoms. The molecule has 0 aliphatic carbocycles. The third-order valence-corrected chi connectivity index (χ3v) is 12.2. The Kier molecular flexibility index (Phi) is 5.92. The molecule has 13 rings (SSSR count). The van der Waals surface area contributed by atoms with Crippen LogP contribution in [0.5, 0.6) is 23.0 Å². The Morgan fingerprint density at radius 3 is 1.02 bits per heavy atom. The number of para-hydroxylation sites is 2. The van der Waals surface area contributed by atoms with Crippen LogP contribution < -0.4 is 9.47 Å². The first-order valence-corrected chi connectivity index (χ1v) is 19.3. The predicted molar refractivity (Wildman–Crippen MR) is 233 cm³/mol. The molecule has 2 heteroatoms. The Morgan fingerprint density at radius 1 is 0.196 bits per heavy atom. The van der Waals surface area contributed by atoms with Gasteiger partial charge >= 0.3 is 0 Å². The van der Waals surface area contributed by atoms with Crippen LogP contribution in [0.3, 0.4) is 0 Å². The lowest BCUT2D eigenvalue weighted by Gasteiger charge is -2.26. The summed E-state index contributed by atoms with van der Waals surface area (Å²) >= 11 is 0. The molecule has 2 heterocycles. The number of ether oxygens (including phenoxy) is 2. The molecule has 56 heavy (non-hydrogen) atoms. The van der Waals surface area contributed by atoms with E-state index in [1.807, 2.05) is 12.1 Å². The van der Waals surface area contributed by atoms with E-state index in [1.54, 1.807) is 0 Å². The number of hydrogen-bond donors (Lipinski definition) is 0. The van der Waals surface area contributed by atoms with Crippen LogP contribution in [-0.4, -0.2) is 0 Å². The number of hydrogen-bond acceptors (Lipinski definition) is 2. The smallest absolute Gasteiger partial charge is 0.135 e. The first kappa shape index (κ1) is 30.0. The maximum Gasteiger partial charge on any atom is 0.135 e. The maximum atomic E-state index is 6.61. The highest BCUT2D eigenvalue weighted by Gasteiger charge is 2.28. The van der Waals surface area contributed by atoms with Gasteiger partial charge < -0.3 is 9.47 Å². The van der Waals surface area contributed by atoms with Crippen LogP contribution in [0, 0.1) is 0 Å². The van der Waals surface area contributed by atoms with Gasteiger partial charge in [0.15, 0.2) is 0 Å². The first-order valence-electron chi connectivity index (χ1n) is 19.3. The average molecular weight is 711 g/mol. The van der Waals surface area contributed by atoms with Crippen molar-refractivity contribution in [3.8, 4) is 67.5 Å². The molecule has 0 radical (unpaired) electrons. The molecular weight excluding hydrogens is 681 g/mol. The summed E-state index contributed by atoms with van der Waals surface area (Å²) in [4.78, 5) is 0. The molecule has 258 valence electrons. The minimum atomic E-state index is 0.895. The largest absolute Gasteiger partial charge is 0.456 e. The molecule has 2 nitrogen and oxygen atoms in total. The fourth-order valence-electron chi connectivity index (χ4n) is 10.0. The zero-order valence-corrected chi connectivity index (χ0v) is 30.1. The van der Waals surface area contributed by atoms with Crippen LogP contribution in [0.1, 0.15) is 0 Å². The van der Waals surface area contributed by atoms with E-state index in [0.717, 1.165) is 44.9 Å². The number of fused-ring (bicyclic) bond motifs is 11. The summed E-state index contributed by atoms with van der Waals surface area (Å²) in [7, 11) is 0. The maximum absolute atomic E-state index is 6.61. The van der Waals surface area contributed by atoms with Crippen LogP contribution >= 0.6 is 0 Å².